The molecule has 0 unspecified atom stereocenters. The summed E-state index contributed by atoms with van der Waals surface area (Å²) in [6.45, 7) is 0.761. The van der Waals surface area contributed by atoms with Gasteiger partial charge < -0.3 is 11.1 Å². The molecule has 0 spiro atoms. The Bertz CT molecular complexity index is 426. The van der Waals surface area contributed by atoms with Gasteiger partial charge in [0, 0.05) is 30.3 Å². The summed E-state index contributed by atoms with van der Waals surface area (Å²) in [6.07, 6.45) is 3.61. The Morgan fingerprint density at radius 3 is 2.87 bits per heavy atom. The number of anilines is 2. The highest BCUT2D eigenvalue weighted by Gasteiger charge is 1.93. The number of hydrogen-bond acceptors (Lipinski definition) is 3. The number of nitrogen functional groups attached to an aromatic ring is 1. The largest absolute Gasteiger partial charge is 0.399 e. The van der Waals surface area contributed by atoms with Crippen LogP contribution in [0.1, 0.15) is 5.56 Å². The van der Waals surface area contributed by atoms with Gasteiger partial charge >= 0.3 is 0 Å². The minimum atomic E-state index is 0.761. The zero-order valence-electron chi connectivity index (χ0n) is 8.35. The average Bonchev–Trinajstić information content (AvgIpc) is 2.28. The van der Waals surface area contributed by atoms with E-state index in [4.69, 9.17) is 5.73 Å². The third kappa shape index (κ3) is 2.71. The van der Waals surface area contributed by atoms with E-state index in [0.29, 0.717) is 0 Å². The van der Waals surface area contributed by atoms with E-state index in [1.165, 1.54) is 0 Å². The summed E-state index contributed by atoms with van der Waals surface area (Å²) in [7, 11) is 0. The molecule has 1 aromatic heterocycles. The molecule has 3 nitrogen and oxygen atoms in total. The van der Waals surface area contributed by atoms with Crippen molar-refractivity contribution in [2.75, 3.05) is 11.1 Å². The second kappa shape index (κ2) is 4.46. The first-order valence-electron chi connectivity index (χ1n) is 4.83. The molecule has 0 amide bonds. The van der Waals surface area contributed by atoms with Crippen molar-refractivity contribution < 1.29 is 0 Å². The second-order valence-electron chi connectivity index (χ2n) is 3.34. The highest BCUT2D eigenvalue weighted by molar-refractivity contribution is 5.54. The Hall–Kier alpha value is -2.03. The smallest absolute Gasteiger partial charge is 0.0416 e. The third-order valence-corrected chi connectivity index (χ3v) is 2.11. The summed E-state index contributed by atoms with van der Waals surface area (Å²) in [5, 5.41) is 3.28. The number of nitrogens with two attached hydrogens (primary N) is 1. The van der Waals surface area contributed by atoms with Crippen LogP contribution in [0.2, 0.25) is 0 Å². The summed E-state index contributed by atoms with van der Waals surface area (Å²) in [5.74, 6) is 0. The van der Waals surface area contributed by atoms with E-state index in [1.807, 2.05) is 42.6 Å². The molecule has 2 aromatic rings. The topological polar surface area (TPSA) is 50.9 Å². The predicted octanol–water partition coefficient (Wildman–Crippen LogP) is 2.28. The summed E-state index contributed by atoms with van der Waals surface area (Å²) in [4.78, 5) is 4.05. The molecule has 0 fully saturated rings. The molecule has 3 heteroatoms. The quantitative estimate of drug-likeness (QED) is 0.745. The Balaban J connectivity index is 1.99. The molecule has 0 radical (unpaired) electrons. The van der Waals surface area contributed by atoms with Crippen LogP contribution in [0, 0.1) is 0 Å². The maximum absolute atomic E-state index is 5.68. The zero-order chi connectivity index (χ0) is 10.5. The number of nitrogens with zero attached hydrogens (tertiary/aromatic N) is 1. The van der Waals surface area contributed by atoms with Gasteiger partial charge in [0.2, 0.25) is 0 Å². The molecule has 0 bridgehead atoms. The number of benzene rings is 1. The summed E-state index contributed by atoms with van der Waals surface area (Å²) >= 11 is 0. The SMILES string of the molecule is Nc1cccc(NCc2cccnc2)c1. The van der Waals surface area contributed by atoms with Crippen LogP contribution >= 0.6 is 0 Å². The Morgan fingerprint density at radius 1 is 1.20 bits per heavy atom. The fourth-order valence-electron chi connectivity index (χ4n) is 1.36. The number of nitrogens with one attached hydrogen (secondary N) is 1. The van der Waals surface area contributed by atoms with Gasteiger partial charge in [-0.05, 0) is 29.8 Å². The summed E-state index contributed by atoms with van der Waals surface area (Å²) in [5.41, 5.74) is 8.62. The Labute approximate surface area is 89.0 Å². The zero-order valence-corrected chi connectivity index (χ0v) is 8.35. The molecule has 0 atom stereocenters. The monoisotopic (exact) mass is 199 g/mol. The Kier molecular flexibility index (Phi) is 2.83. The minimum Gasteiger partial charge on any atom is -0.399 e. The van der Waals surface area contributed by atoms with Crippen LogP contribution in [-0.2, 0) is 6.54 Å². The van der Waals surface area contributed by atoms with Crippen LogP contribution in [0.25, 0.3) is 0 Å². The minimum absolute atomic E-state index is 0.761. The highest BCUT2D eigenvalue weighted by atomic mass is 14.9. The standard InChI is InChI=1S/C12H13N3/c13-11-4-1-5-12(7-11)15-9-10-3-2-6-14-8-10/h1-8,15H,9,13H2. The molecule has 1 aromatic carbocycles. The van der Waals surface area contributed by atoms with Crippen molar-refractivity contribution in [1.29, 1.82) is 0 Å². The van der Waals surface area contributed by atoms with Crippen molar-refractivity contribution in [3.63, 3.8) is 0 Å². The van der Waals surface area contributed by atoms with E-state index >= 15 is 0 Å². The normalized spacial score (nSPS) is 9.87. The van der Waals surface area contributed by atoms with E-state index in [0.717, 1.165) is 23.5 Å². The van der Waals surface area contributed by atoms with Gasteiger partial charge in [0.15, 0.2) is 0 Å². The summed E-state index contributed by atoms with van der Waals surface area (Å²) < 4.78 is 0. The van der Waals surface area contributed by atoms with Gasteiger partial charge in [-0.15, -0.1) is 0 Å². The first-order chi connectivity index (χ1) is 7.34. The van der Waals surface area contributed by atoms with Gasteiger partial charge in [0.05, 0.1) is 0 Å². The molecule has 76 valence electrons. The lowest BCUT2D eigenvalue weighted by atomic mass is 10.2. The van der Waals surface area contributed by atoms with E-state index in [2.05, 4.69) is 10.3 Å². The molecule has 2 rings (SSSR count). The highest BCUT2D eigenvalue weighted by Crippen LogP contribution is 2.12. The lowest BCUT2D eigenvalue weighted by Gasteiger charge is -2.06. The third-order valence-electron chi connectivity index (χ3n) is 2.11. The van der Waals surface area contributed by atoms with Gasteiger partial charge in [-0.2, -0.15) is 0 Å². The van der Waals surface area contributed by atoms with Crippen LogP contribution in [0.4, 0.5) is 11.4 Å². The fraction of sp³-hybridized carbons (Fsp3) is 0.0833. The number of rotatable bonds is 3. The van der Waals surface area contributed by atoms with Crippen molar-refractivity contribution >= 4 is 11.4 Å². The van der Waals surface area contributed by atoms with E-state index < -0.39 is 0 Å². The molecular formula is C12H13N3. The van der Waals surface area contributed by atoms with Gasteiger partial charge in [0.25, 0.3) is 0 Å². The van der Waals surface area contributed by atoms with Crippen molar-refractivity contribution in [2.24, 2.45) is 0 Å². The Morgan fingerprint density at radius 2 is 2.13 bits per heavy atom. The van der Waals surface area contributed by atoms with Crippen molar-refractivity contribution in [1.82, 2.24) is 4.98 Å². The molecule has 3 N–H and O–H groups in total. The molecule has 0 aliphatic rings. The number of aromatic nitrogens is 1. The first kappa shape index (κ1) is 9.52. The van der Waals surface area contributed by atoms with Crippen molar-refractivity contribution in [3.05, 3.63) is 54.4 Å². The molecule has 1 heterocycles. The van der Waals surface area contributed by atoms with Crippen LogP contribution < -0.4 is 11.1 Å². The predicted molar refractivity (Wildman–Crippen MR) is 62.4 cm³/mol. The first-order valence-corrected chi connectivity index (χ1v) is 4.83. The second-order valence-corrected chi connectivity index (χ2v) is 3.34. The summed E-state index contributed by atoms with van der Waals surface area (Å²) in [6, 6.07) is 11.7. The van der Waals surface area contributed by atoms with Crippen LogP contribution in [-0.4, -0.2) is 4.98 Å². The number of hydrogen-bond donors (Lipinski definition) is 2. The van der Waals surface area contributed by atoms with Gasteiger partial charge in [-0.3, -0.25) is 4.98 Å². The van der Waals surface area contributed by atoms with Crippen LogP contribution in [0.5, 0.6) is 0 Å². The lowest BCUT2D eigenvalue weighted by molar-refractivity contribution is 1.11. The molecule has 0 aliphatic carbocycles. The van der Waals surface area contributed by atoms with E-state index in [9.17, 15) is 0 Å². The van der Waals surface area contributed by atoms with Gasteiger partial charge in [-0.25, -0.2) is 0 Å². The van der Waals surface area contributed by atoms with Crippen LogP contribution in [0.15, 0.2) is 48.8 Å². The lowest BCUT2D eigenvalue weighted by Crippen LogP contribution is -1.99. The van der Waals surface area contributed by atoms with E-state index in [-0.39, 0.29) is 0 Å². The molecule has 15 heavy (non-hydrogen) atoms. The van der Waals surface area contributed by atoms with Crippen molar-refractivity contribution in [2.45, 2.75) is 6.54 Å². The molecule has 0 saturated carbocycles. The van der Waals surface area contributed by atoms with E-state index in [1.54, 1.807) is 6.20 Å². The van der Waals surface area contributed by atoms with Gasteiger partial charge in [0.1, 0.15) is 0 Å². The average molecular weight is 199 g/mol. The van der Waals surface area contributed by atoms with Gasteiger partial charge in [-0.1, -0.05) is 12.1 Å². The molecular weight excluding hydrogens is 186 g/mol. The molecule has 0 aliphatic heterocycles. The maximum atomic E-state index is 5.68. The van der Waals surface area contributed by atoms with Crippen molar-refractivity contribution in [3.8, 4) is 0 Å². The maximum Gasteiger partial charge on any atom is 0.0416 e. The molecule has 0 saturated heterocycles. The number of pyridine rings is 1. The van der Waals surface area contributed by atoms with Crippen LogP contribution in [0.3, 0.4) is 0 Å². The fourth-order valence-corrected chi connectivity index (χ4v) is 1.36.